The molecular formula is C5H11NS2. The molecule has 1 rings (SSSR count). The second-order valence-corrected chi connectivity index (χ2v) is 4.08. The molecule has 8 heavy (non-hydrogen) atoms. The normalized spacial score (nSPS) is 38.2. The molecule has 0 saturated carbocycles. The molecule has 0 aromatic rings. The zero-order valence-corrected chi connectivity index (χ0v) is 6.69. The van der Waals surface area contributed by atoms with Crippen molar-refractivity contribution in [3.05, 3.63) is 0 Å². The van der Waals surface area contributed by atoms with Gasteiger partial charge >= 0.3 is 0 Å². The maximum Gasteiger partial charge on any atom is 0.0706 e. The van der Waals surface area contributed by atoms with Crippen LogP contribution in [0.2, 0.25) is 0 Å². The largest absolute Gasteiger partial charge is 0.302 e. The molecule has 0 unspecified atom stereocenters. The molecule has 1 aliphatic rings. The summed E-state index contributed by atoms with van der Waals surface area (Å²) in [6, 6.07) is 0. The van der Waals surface area contributed by atoms with Crippen LogP contribution in [0.5, 0.6) is 0 Å². The SMILES string of the molecule is C[C@@]1(CS)NCCS1. The van der Waals surface area contributed by atoms with Gasteiger partial charge in [-0.2, -0.15) is 12.6 Å². The molecule has 0 spiro atoms. The minimum atomic E-state index is 0.267. The van der Waals surface area contributed by atoms with Crippen LogP contribution in [0.1, 0.15) is 6.92 Å². The fourth-order valence-corrected chi connectivity index (χ4v) is 2.08. The van der Waals surface area contributed by atoms with Gasteiger partial charge in [-0.25, -0.2) is 0 Å². The molecule has 1 saturated heterocycles. The van der Waals surface area contributed by atoms with E-state index in [4.69, 9.17) is 0 Å². The first kappa shape index (κ1) is 6.78. The minimum absolute atomic E-state index is 0.267. The molecule has 0 radical (unpaired) electrons. The highest BCUT2D eigenvalue weighted by atomic mass is 32.2. The number of thiol groups is 1. The van der Waals surface area contributed by atoms with Gasteiger partial charge in [0.25, 0.3) is 0 Å². The Morgan fingerprint density at radius 1 is 1.88 bits per heavy atom. The molecule has 0 aromatic carbocycles. The van der Waals surface area contributed by atoms with Gasteiger partial charge in [0, 0.05) is 18.1 Å². The van der Waals surface area contributed by atoms with Crippen molar-refractivity contribution in [2.24, 2.45) is 0 Å². The van der Waals surface area contributed by atoms with Crippen molar-refractivity contribution in [2.45, 2.75) is 11.8 Å². The van der Waals surface area contributed by atoms with Gasteiger partial charge in [0.2, 0.25) is 0 Å². The summed E-state index contributed by atoms with van der Waals surface area (Å²) < 4.78 is 0. The van der Waals surface area contributed by atoms with E-state index in [1.54, 1.807) is 0 Å². The summed E-state index contributed by atoms with van der Waals surface area (Å²) >= 11 is 6.18. The fraction of sp³-hybridized carbons (Fsp3) is 1.00. The monoisotopic (exact) mass is 149 g/mol. The average Bonchev–Trinajstić information content (AvgIpc) is 2.17. The molecular weight excluding hydrogens is 138 g/mol. The molecule has 0 aromatic heterocycles. The predicted octanol–water partition coefficient (Wildman–Crippen LogP) is 0.969. The van der Waals surface area contributed by atoms with Crippen molar-refractivity contribution in [1.82, 2.24) is 5.32 Å². The highest BCUT2D eigenvalue weighted by molar-refractivity contribution is 8.01. The van der Waals surface area contributed by atoms with E-state index in [-0.39, 0.29) is 4.87 Å². The quantitative estimate of drug-likeness (QED) is 0.539. The van der Waals surface area contributed by atoms with E-state index < -0.39 is 0 Å². The molecule has 0 amide bonds. The Hall–Kier alpha value is 0.660. The van der Waals surface area contributed by atoms with Gasteiger partial charge < -0.3 is 5.32 Å². The molecule has 1 aliphatic heterocycles. The van der Waals surface area contributed by atoms with E-state index in [1.807, 2.05) is 11.8 Å². The lowest BCUT2D eigenvalue weighted by molar-refractivity contribution is 0.603. The Bertz CT molecular complexity index is 78.5. The van der Waals surface area contributed by atoms with Crippen molar-refractivity contribution < 1.29 is 0 Å². The highest BCUT2D eigenvalue weighted by Gasteiger charge is 2.26. The third-order valence-electron chi connectivity index (χ3n) is 1.32. The van der Waals surface area contributed by atoms with Crippen LogP contribution in [-0.2, 0) is 0 Å². The van der Waals surface area contributed by atoms with E-state index in [2.05, 4.69) is 24.9 Å². The first-order valence-corrected chi connectivity index (χ1v) is 4.38. The van der Waals surface area contributed by atoms with E-state index in [1.165, 1.54) is 5.75 Å². The lowest BCUT2D eigenvalue weighted by atomic mass is 10.4. The van der Waals surface area contributed by atoms with Crippen molar-refractivity contribution in [1.29, 1.82) is 0 Å². The molecule has 3 heteroatoms. The van der Waals surface area contributed by atoms with Gasteiger partial charge in [-0.05, 0) is 6.92 Å². The van der Waals surface area contributed by atoms with E-state index >= 15 is 0 Å². The van der Waals surface area contributed by atoms with Crippen LogP contribution in [0.25, 0.3) is 0 Å². The van der Waals surface area contributed by atoms with Crippen LogP contribution in [0.3, 0.4) is 0 Å². The number of hydrogen-bond donors (Lipinski definition) is 2. The Labute approximate surface area is 60.0 Å². The molecule has 0 bridgehead atoms. The lowest BCUT2D eigenvalue weighted by Gasteiger charge is -2.19. The third kappa shape index (κ3) is 1.33. The first-order valence-electron chi connectivity index (χ1n) is 2.77. The van der Waals surface area contributed by atoms with Crippen molar-refractivity contribution in [3.63, 3.8) is 0 Å². The van der Waals surface area contributed by atoms with Crippen molar-refractivity contribution >= 4 is 24.4 Å². The molecule has 1 nitrogen and oxygen atoms in total. The Morgan fingerprint density at radius 3 is 2.88 bits per heavy atom. The molecule has 1 fully saturated rings. The van der Waals surface area contributed by atoms with Gasteiger partial charge in [0.1, 0.15) is 0 Å². The van der Waals surface area contributed by atoms with Crippen LogP contribution < -0.4 is 5.32 Å². The maximum absolute atomic E-state index is 4.22. The van der Waals surface area contributed by atoms with Crippen molar-refractivity contribution in [3.8, 4) is 0 Å². The van der Waals surface area contributed by atoms with Gasteiger partial charge in [-0.1, -0.05) is 0 Å². The topological polar surface area (TPSA) is 12.0 Å². The standard InChI is InChI=1S/C5H11NS2/c1-5(4-7)6-2-3-8-5/h6-7H,2-4H2,1H3/t5-/m1/s1. The number of rotatable bonds is 1. The lowest BCUT2D eigenvalue weighted by Crippen LogP contribution is -2.35. The maximum atomic E-state index is 4.22. The number of hydrogen-bond acceptors (Lipinski definition) is 3. The van der Waals surface area contributed by atoms with Crippen LogP contribution >= 0.6 is 24.4 Å². The average molecular weight is 149 g/mol. The van der Waals surface area contributed by atoms with Gasteiger partial charge in [0.15, 0.2) is 0 Å². The number of thioether (sulfide) groups is 1. The first-order chi connectivity index (χ1) is 3.77. The van der Waals surface area contributed by atoms with Crippen LogP contribution in [0.15, 0.2) is 0 Å². The van der Waals surface area contributed by atoms with Gasteiger partial charge in [0.05, 0.1) is 4.87 Å². The zero-order chi connectivity index (χ0) is 6.04. The predicted molar refractivity (Wildman–Crippen MR) is 42.7 cm³/mol. The van der Waals surface area contributed by atoms with E-state index in [9.17, 15) is 0 Å². The summed E-state index contributed by atoms with van der Waals surface area (Å²) in [5, 5.41) is 3.37. The Balaban J connectivity index is 2.40. The number of nitrogens with one attached hydrogen (secondary N) is 1. The summed E-state index contributed by atoms with van der Waals surface area (Å²) in [4.78, 5) is 0.267. The third-order valence-corrected chi connectivity index (χ3v) is 3.50. The van der Waals surface area contributed by atoms with Crippen LogP contribution in [0.4, 0.5) is 0 Å². The molecule has 0 aliphatic carbocycles. The summed E-state index contributed by atoms with van der Waals surface area (Å²) in [6.07, 6.45) is 0. The minimum Gasteiger partial charge on any atom is -0.302 e. The fourth-order valence-electron chi connectivity index (χ4n) is 0.744. The summed E-state index contributed by atoms with van der Waals surface area (Å²) in [5.74, 6) is 2.16. The van der Waals surface area contributed by atoms with Crippen LogP contribution in [0, 0.1) is 0 Å². The van der Waals surface area contributed by atoms with E-state index in [0.29, 0.717) is 0 Å². The summed E-state index contributed by atoms with van der Waals surface area (Å²) in [6.45, 7) is 3.33. The summed E-state index contributed by atoms with van der Waals surface area (Å²) in [7, 11) is 0. The molecule has 1 atom stereocenters. The van der Waals surface area contributed by atoms with Crippen molar-refractivity contribution in [2.75, 3.05) is 18.1 Å². The Morgan fingerprint density at radius 2 is 2.62 bits per heavy atom. The second-order valence-electron chi connectivity index (χ2n) is 2.16. The highest BCUT2D eigenvalue weighted by Crippen LogP contribution is 2.26. The molecule has 1 heterocycles. The second kappa shape index (κ2) is 2.50. The van der Waals surface area contributed by atoms with Crippen LogP contribution in [-0.4, -0.2) is 22.9 Å². The summed E-state index contributed by atoms with van der Waals surface area (Å²) in [5.41, 5.74) is 0. The van der Waals surface area contributed by atoms with E-state index in [0.717, 1.165) is 12.3 Å². The molecule has 48 valence electrons. The van der Waals surface area contributed by atoms with Gasteiger partial charge in [-0.15, -0.1) is 11.8 Å². The smallest absolute Gasteiger partial charge is 0.0706 e. The Kier molecular flexibility index (Phi) is 2.12. The molecule has 1 N–H and O–H groups in total. The van der Waals surface area contributed by atoms with Gasteiger partial charge in [-0.3, -0.25) is 0 Å². The zero-order valence-electron chi connectivity index (χ0n) is 4.98.